The van der Waals surface area contributed by atoms with Gasteiger partial charge in [0.15, 0.2) is 0 Å². The lowest BCUT2D eigenvalue weighted by molar-refractivity contribution is -0.132. The average Bonchev–Trinajstić information content (AvgIpc) is 2.96. The summed E-state index contributed by atoms with van der Waals surface area (Å²) in [6.45, 7) is 3.99. The summed E-state index contributed by atoms with van der Waals surface area (Å²) in [7, 11) is 0. The van der Waals surface area contributed by atoms with Gasteiger partial charge in [-0.25, -0.2) is 0 Å². The molecule has 0 aliphatic heterocycles. The van der Waals surface area contributed by atoms with Crippen LogP contribution in [0.15, 0.2) is 12.2 Å². The number of amides is 1. The fourth-order valence-electron chi connectivity index (χ4n) is 5.16. The van der Waals surface area contributed by atoms with Crippen molar-refractivity contribution >= 4 is 5.91 Å². The van der Waals surface area contributed by atoms with Crippen LogP contribution in [-0.2, 0) is 4.79 Å². The van der Waals surface area contributed by atoms with E-state index in [0.29, 0.717) is 12.8 Å². The highest BCUT2D eigenvalue weighted by atomic mass is 16.3. The molecule has 6 heteroatoms. The fraction of sp³-hybridized carbons (Fsp3) is 0.912. The summed E-state index contributed by atoms with van der Waals surface area (Å²) < 4.78 is 0. The van der Waals surface area contributed by atoms with Crippen LogP contribution in [-0.4, -0.2) is 57.3 Å². The first kappa shape index (κ1) is 39.0. The molecule has 1 amide bonds. The number of nitrogens with one attached hydrogen (secondary N) is 1. The highest BCUT2D eigenvalue weighted by Gasteiger charge is 2.28. The van der Waals surface area contributed by atoms with E-state index in [-0.39, 0.29) is 0 Å². The van der Waals surface area contributed by atoms with Gasteiger partial charge in [0.2, 0.25) is 5.91 Å². The van der Waals surface area contributed by atoms with Crippen molar-refractivity contribution in [1.29, 1.82) is 0 Å². The number of aliphatic hydroxyl groups excluding tert-OH is 4. The van der Waals surface area contributed by atoms with Crippen LogP contribution in [0.25, 0.3) is 0 Å². The van der Waals surface area contributed by atoms with Crippen molar-refractivity contribution in [3.8, 4) is 0 Å². The maximum absolute atomic E-state index is 12.4. The van der Waals surface area contributed by atoms with Gasteiger partial charge in [-0.05, 0) is 38.5 Å². The number of allylic oxidation sites excluding steroid dienone is 2. The van der Waals surface area contributed by atoms with Crippen molar-refractivity contribution in [1.82, 2.24) is 5.32 Å². The Hall–Kier alpha value is -0.950. The van der Waals surface area contributed by atoms with Crippen molar-refractivity contribution in [2.24, 2.45) is 0 Å². The number of rotatable bonds is 30. The highest BCUT2D eigenvalue weighted by Crippen LogP contribution is 2.15. The molecule has 0 aromatic heterocycles. The average molecular weight is 570 g/mol. The number of carbonyl (C=O) groups excluding carboxylic acids is 1. The minimum atomic E-state index is -1.26. The summed E-state index contributed by atoms with van der Waals surface area (Å²) in [4.78, 5) is 12.4. The van der Waals surface area contributed by atoms with E-state index in [9.17, 15) is 25.2 Å². The SMILES string of the molecule is CCCCCC/C=C/CCCCCC[C@@H](O)[C@@H](O)[C@H](CO)NC(=O)C(O)CCCCCCCCCCCCCC. The quantitative estimate of drug-likeness (QED) is 0.0454. The summed E-state index contributed by atoms with van der Waals surface area (Å²) in [6, 6.07) is -0.985. The van der Waals surface area contributed by atoms with E-state index in [1.807, 2.05) is 0 Å². The predicted octanol–water partition coefficient (Wildman–Crippen LogP) is 7.50. The minimum absolute atomic E-state index is 0.369. The zero-order valence-corrected chi connectivity index (χ0v) is 26.3. The lowest BCUT2D eigenvalue weighted by Crippen LogP contribution is -2.53. The maximum Gasteiger partial charge on any atom is 0.249 e. The molecule has 0 fully saturated rings. The van der Waals surface area contributed by atoms with Gasteiger partial charge in [0.05, 0.1) is 18.8 Å². The second-order valence-electron chi connectivity index (χ2n) is 11.9. The van der Waals surface area contributed by atoms with Gasteiger partial charge in [-0.15, -0.1) is 0 Å². The number of carbonyl (C=O) groups is 1. The van der Waals surface area contributed by atoms with Crippen LogP contribution in [0, 0.1) is 0 Å². The Morgan fingerprint density at radius 1 is 0.600 bits per heavy atom. The third kappa shape index (κ3) is 23.7. The molecule has 0 rings (SSSR count). The molecule has 40 heavy (non-hydrogen) atoms. The Labute approximate surface area is 247 Å². The van der Waals surface area contributed by atoms with Crippen LogP contribution in [0.1, 0.15) is 168 Å². The van der Waals surface area contributed by atoms with E-state index in [0.717, 1.165) is 51.4 Å². The molecule has 0 saturated carbocycles. The Balaban J connectivity index is 3.88. The van der Waals surface area contributed by atoms with Crippen molar-refractivity contribution < 1.29 is 25.2 Å². The van der Waals surface area contributed by atoms with Gasteiger partial charge in [0.1, 0.15) is 12.2 Å². The number of aliphatic hydroxyl groups is 4. The molecule has 0 aliphatic carbocycles. The molecular formula is C34H67NO5. The van der Waals surface area contributed by atoms with E-state index >= 15 is 0 Å². The smallest absolute Gasteiger partial charge is 0.249 e. The first-order chi connectivity index (χ1) is 19.5. The topological polar surface area (TPSA) is 110 Å². The van der Waals surface area contributed by atoms with Gasteiger partial charge in [0, 0.05) is 0 Å². The first-order valence-electron chi connectivity index (χ1n) is 17.1. The molecule has 5 N–H and O–H groups in total. The Bertz CT molecular complexity index is 571. The third-order valence-corrected chi connectivity index (χ3v) is 7.98. The normalized spacial score (nSPS) is 14.8. The second kappa shape index (κ2) is 29.5. The van der Waals surface area contributed by atoms with E-state index in [1.54, 1.807) is 0 Å². The molecular weight excluding hydrogens is 502 g/mol. The summed E-state index contributed by atoms with van der Waals surface area (Å²) in [6.07, 6.45) is 28.0. The van der Waals surface area contributed by atoms with Gasteiger partial charge in [0.25, 0.3) is 0 Å². The Morgan fingerprint density at radius 3 is 1.48 bits per heavy atom. The van der Waals surface area contributed by atoms with Crippen molar-refractivity contribution in [3.63, 3.8) is 0 Å². The molecule has 0 radical (unpaired) electrons. The summed E-state index contributed by atoms with van der Waals surface area (Å²) in [5.74, 6) is -0.591. The minimum Gasteiger partial charge on any atom is -0.394 e. The predicted molar refractivity (Wildman–Crippen MR) is 168 cm³/mol. The van der Waals surface area contributed by atoms with E-state index in [1.165, 1.54) is 89.9 Å². The van der Waals surface area contributed by atoms with Crippen LogP contribution in [0.3, 0.4) is 0 Å². The van der Waals surface area contributed by atoms with Crippen molar-refractivity contribution in [2.45, 2.75) is 192 Å². The molecule has 0 aliphatic rings. The van der Waals surface area contributed by atoms with Crippen LogP contribution >= 0.6 is 0 Å². The first-order valence-corrected chi connectivity index (χ1v) is 17.1. The molecule has 0 spiro atoms. The third-order valence-electron chi connectivity index (χ3n) is 7.98. The molecule has 0 aromatic rings. The standard InChI is InChI=1S/C34H67NO5/c1-3-5-7-9-11-13-15-17-19-21-23-25-27-31(37)33(39)30(29-36)35-34(40)32(38)28-26-24-22-20-18-16-14-12-10-8-6-4-2/h13,15,30-33,36-39H,3-12,14,16-29H2,1-2H3,(H,35,40)/b15-13+/t30-,31+,32?,33-/m0/s1. The van der Waals surface area contributed by atoms with Crippen LogP contribution in [0.2, 0.25) is 0 Å². The largest absolute Gasteiger partial charge is 0.394 e. The van der Waals surface area contributed by atoms with Gasteiger partial charge >= 0.3 is 0 Å². The van der Waals surface area contributed by atoms with Gasteiger partial charge < -0.3 is 25.7 Å². The monoisotopic (exact) mass is 570 g/mol. The maximum atomic E-state index is 12.4. The Kier molecular flexibility index (Phi) is 28.8. The van der Waals surface area contributed by atoms with E-state index in [2.05, 4.69) is 31.3 Å². The summed E-state index contributed by atoms with van der Waals surface area (Å²) in [5, 5.41) is 43.3. The van der Waals surface area contributed by atoms with Crippen LogP contribution < -0.4 is 5.32 Å². The molecule has 1 unspecified atom stereocenters. The molecule has 238 valence electrons. The molecule has 4 atom stereocenters. The zero-order chi connectivity index (χ0) is 29.7. The lowest BCUT2D eigenvalue weighted by Gasteiger charge is -2.27. The highest BCUT2D eigenvalue weighted by molar-refractivity contribution is 5.80. The molecule has 0 aromatic carbocycles. The van der Waals surface area contributed by atoms with Crippen molar-refractivity contribution in [3.05, 3.63) is 12.2 Å². The van der Waals surface area contributed by atoms with Gasteiger partial charge in [-0.3, -0.25) is 4.79 Å². The van der Waals surface area contributed by atoms with E-state index < -0.39 is 36.9 Å². The van der Waals surface area contributed by atoms with E-state index in [4.69, 9.17) is 0 Å². The number of unbranched alkanes of at least 4 members (excludes halogenated alkanes) is 19. The zero-order valence-electron chi connectivity index (χ0n) is 26.3. The van der Waals surface area contributed by atoms with Gasteiger partial charge in [-0.1, -0.05) is 142 Å². The summed E-state index contributed by atoms with van der Waals surface area (Å²) in [5.41, 5.74) is 0. The van der Waals surface area contributed by atoms with Crippen LogP contribution in [0.5, 0.6) is 0 Å². The molecule has 0 heterocycles. The lowest BCUT2D eigenvalue weighted by atomic mass is 9.99. The summed E-state index contributed by atoms with van der Waals surface area (Å²) >= 11 is 0. The van der Waals surface area contributed by atoms with Crippen LogP contribution in [0.4, 0.5) is 0 Å². The van der Waals surface area contributed by atoms with Gasteiger partial charge in [-0.2, -0.15) is 0 Å². The number of hydrogen-bond acceptors (Lipinski definition) is 5. The van der Waals surface area contributed by atoms with Crippen molar-refractivity contribution in [2.75, 3.05) is 6.61 Å². The molecule has 0 saturated heterocycles. The molecule has 0 bridgehead atoms. The number of hydrogen-bond donors (Lipinski definition) is 5. The Morgan fingerprint density at radius 2 is 1.00 bits per heavy atom. The second-order valence-corrected chi connectivity index (χ2v) is 11.9. The fourth-order valence-corrected chi connectivity index (χ4v) is 5.16. The molecule has 6 nitrogen and oxygen atoms in total.